The van der Waals surface area contributed by atoms with Crippen molar-refractivity contribution >= 4 is 17.7 Å². The number of nitrogens with zero attached hydrogens (tertiary/aromatic N) is 1. The fraction of sp³-hybridized carbons (Fsp3) is 0.500. The highest BCUT2D eigenvalue weighted by atomic mass is 32.2. The Kier molecular flexibility index (Phi) is 5.69. The Hall–Kier alpha value is -1.04. The summed E-state index contributed by atoms with van der Waals surface area (Å²) < 4.78 is 10.2. The molecule has 1 fully saturated rings. The maximum atomic E-state index is 11.7. The summed E-state index contributed by atoms with van der Waals surface area (Å²) in [5, 5.41) is 0. The van der Waals surface area contributed by atoms with Gasteiger partial charge in [0, 0.05) is 23.7 Å². The Bertz CT molecular complexity index is 399. The predicted octanol–water partition coefficient (Wildman–Crippen LogP) is 1.65. The molecule has 1 unspecified atom stereocenters. The number of benzene rings is 1. The van der Waals surface area contributed by atoms with Crippen LogP contribution >= 0.6 is 11.8 Å². The topological polar surface area (TPSA) is 38.8 Å². The van der Waals surface area contributed by atoms with E-state index in [9.17, 15) is 4.79 Å². The van der Waals surface area contributed by atoms with Gasteiger partial charge in [0.05, 0.1) is 20.3 Å². The minimum atomic E-state index is -0.255. The largest absolute Gasteiger partial charge is 0.468 e. The van der Waals surface area contributed by atoms with Crippen LogP contribution < -0.4 is 0 Å². The molecule has 0 aliphatic carbocycles. The van der Waals surface area contributed by atoms with Gasteiger partial charge in [-0.05, 0) is 12.1 Å². The molecule has 1 saturated heterocycles. The Balaban J connectivity index is 1.81. The number of rotatable bonds is 5. The van der Waals surface area contributed by atoms with Gasteiger partial charge in [-0.3, -0.25) is 9.69 Å². The van der Waals surface area contributed by atoms with E-state index < -0.39 is 0 Å². The number of morpholine rings is 1. The molecule has 1 heterocycles. The van der Waals surface area contributed by atoms with E-state index in [1.807, 2.05) is 18.2 Å². The smallest absolute Gasteiger partial charge is 0.325 e. The summed E-state index contributed by atoms with van der Waals surface area (Å²) in [4.78, 5) is 15.1. The van der Waals surface area contributed by atoms with Gasteiger partial charge in [-0.15, -0.1) is 11.8 Å². The SMILES string of the molecule is COC(=O)C1COCCN1CCSc1ccccc1. The first-order valence-corrected chi connectivity index (χ1v) is 7.37. The Morgan fingerprint density at radius 3 is 3.00 bits per heavy atom. The first kappa shape index (κ1) is 14.4. The van der Waals surface area contributed by atoms with Crippen LogP contribution in [0.2, 0.25) is 0 Å². The van der Waals surface area contributed by atoms with Crippen LogP contribution in [0.5, 0.6) is 0 Å². The molecular formula is C14H19NO3S. The predicted molar refractivity (Wildman–Crippen MR) is 75.4 cm³/mol. The van der Waals surface area contributed by atoms with E-state index in [2.05, 4.69) is 17.0 Å². The molecule has 0 amide bonds. The lowest BCUT2D eigenvalue weighted by Gasteiger charge is -2.33. The van der Waals surface area contributed by atoms with Crippen LogP contribution in [0.4, 0.5) is 0 Å². The molecule has 1 atom stereocenters. The molecule has 1 aromatic carbocycles. The third kappa shape index (κ3) is 4.23. The summed E-state index contributed by atoms with van der Waals surface area (Å²) in [6.07, 6.45) is 0. The second kappa shape index (κ2) is 7.53. The summed E-state index contributed by atoms with van der Waals surface area (Å²) in [6.45, 7) is 2.77. The molecule has 2 rings (SSSR count). The van der Waals surface area contributed by atoms with Crippen LogP contribution in [0.15, 0.2) is 35.2 Å². The van der Waals surface area contributed by atoms with E-state index in [4.69, 9.17) is 9.47 Å². The molecule has 1 aliphatic heterocycles. The molecule has 5 heteroatoms. The zero-order valence-corrected chi connectivity index (χ0v) is 11.9. The fourth-order valence-electron chi connectivity index (χ4n) is 2.06. The summed E-state index contributed by atoms with van der Waals surface area (Å²) in [5.74, 6) is 0.752. The number of ether oxygens (including phenoxy) is 2. The summed E-state index contributed by atoms with van der Waals surface area (Å²) in [7, 11) is 1.42. The molecule has 0 saturated carbocycles. The van der Waals surface area contributed by atoms with Crippen molar-refractivity contribution in [3.05, 3.63) is 30.3 Å². The van der Waals surface area contributed by atoms with Crippen molar-refractivity contribution in [2.75, 3.05) is 39.2 Å². The quantitative estimate of drug-likeness (QED) is 0.606. The van der Waals surface area contributed by atoms with Crippen molar-refractivity contribution in [1.82, 2.24) is 4.90 Å². The number of carbonyl (C=O) groups is 1. The van der Waals surface area contributed by atoms with Gasteiger partial charge in [0.1, 0.15) is 6.04 Å². The summed E-state index contributed by atoms with van der Waals surface area (Å²) in [6, 6.07) is 10.0. The number of thioether (sulfide) groups is 1. The van der Waals surface area contributed by atoms with Gasteiger partial charge >= 0.3 is 5.97 Å². The van der Waals surface area contributed by atoms with Crippen LogP contribution in [-0.2, 0) is 14.3 Å². The lowest BCUT2D eigenvalue weighted by molar-refractivity contribution is -0.153. The molecule has 1 aromatic rings. The Morgan fingerprint density at radius 2 is 2.26 bits per heavy atom. The van der Waals surface area contributed by atoms with E-state index in [0.717, 1.165) is 18.8 Å². The Morgan fingerprint density at radius 1 is 1.47 bits per heavy atom. The third-order valence-electron chi connectivity index (χ3n) is 3.10. The number of hydrogen-bond acceptors (Lipinski definition) is 5. The number of carbonyl (C=O) groups excluding carboxylic acids is 1. The van der Waals surface area contributed by atoms with E-state index in [-0.39, 0.29) is 12.0 Å². The van der Waals surface area contributed by atoms with Crippen molar-refractivity contribution in [3.63, 3.8) is 0 Å². The second-order valence-corrected chi connectivity index (χ2v) is 5.48. The van der Waals surface area contributed by atoms with Gasteiger partial charge < -0.3 is 9.47 Å². The zero-order valence-electron chi connectivity index (χ0n) is 11.1. The molecule has 104 valence electrons. The number of hydrogen-bond donors (Lipinski definition) is 0. The molecule has 0 aromatic heterocycles. The summed E-state index contributed by atoms with van der Waals surface area (Å²) in [5.41, 5.74) is 0. The van der Waals surface area contributed by atoms with Crippen LogP contribution in [0, 0.1) is 0 Å². The van der Waals surface area contributed by atoms with E-state index in [1.54, 1.807) is 11.8 Å². The van der Waals surface area contributed by atoms with Gasteiger partial charge in [0.25, 0.3) is 0 Å². The van der Waals surface area contributed by atoms with Crippen molar-refractivity contribution in [2.45, 2.75) is 10.9 Å². The van der Waals surface area contributed by atoms with Crippen molar-refractivity contribution in [1.29, 1.82) is 0 Å². The molecule has 0 N–H and O–H groups in total. The molecule has 1 aliphatic rings. The molecule has 4 nitrogen and oxygen atoms in total. The van der Waals surface area contributed by atoms with Crippen molar-refractivity contribution in [2.24, 2.45) is 0 Å². The second-order valence-electron chi connectivity index (χ2n) is 4.31. The first-order chi connectivity index (χ1) is 9.31. The van der Waals surface area contributed by atoms with Gasteiger partial charge in [-0.25, -0.2) is 0 Å². The number of methoxy groups -OCH3 is 1. The molecule has 0 spiro atoms. The van der Waals surface area contributed by atoms with Gasteiger partial charge in [-0.1, -0.05) is 18.2 Å². The normalized spacial score (nSPS) is 20.2. The zero-order chi connectivity index (χ0) is 13.5. The van der Waals surface area contributed by atoms with Gasteiger partial charge in [0.15, 0.2) is 0 Å². The highest BCUT2D eigenvalue weighted by Gasteiger charge is 2.29. The molecular weight excluding hydrogens is 262 g/mol. The lowest BCUT2D eigenvalue weighted by Crippen LogP contribution is -2.51. The fourth-order valence-corrected chi connectivity index (χ4v) is 2.97. The maximum Gasteiger partial charge on any atom is 0.325 e. The van der Waals surface area contributed by atoms with Crippen LogP contribution in [0.1, 0.15) is 0 Å². The monoisotopic (exact) mass is 281 g/mol. The average Bonchev–Trinajstić information content (AvgIpc) is 2.48. The van der Waals surface area contributed by atoms with Crippen molar-refractivity contribution in [3.8, 4) is 0 Å². The highest BCUT2D eigenvalue weighted by molar-refractivity contribution is 7.99. The number of esters is 1. The van der Waals surface area contributed by atoms with Crippen LogP contribution in [-0.4, -0.2) is 56.1 Å². The molecule has 0 radical (unpaired) electrons. The average molecular weight is 281 g/mol. The van der Waals surface area contributed by atoms with Gasteiger partial charge in [0.2, 0.25) is 0 Å². The minimum absolute atomic E-state index is 0.204. The van der Waals surface area contributed by atoms with Crippen LogP contribution in [0.25, 0.3) is 0 Å². The van der Waals surface area contributed by atoms with Gasteiger partial charge in [-0.2, -0.15) is 0 Å². The van der Waals surface area contributed by atoms with E-state index in [0.29, 0.717) is 13.2 Å². The summed E-state index contributed by atoms with van der Waals surface area (Å²) >= 11 is 1.80. The third-order valence-corrected chi connectivity index (χ3v) is 4.10. The Labute approximate surface area is 118 Å². The highest BCUT2D eigenvalue weighted by Crippen LogP contribution is 2.18. The first-order valence-electron chi connectivity index (χ1n) is 6.38. The van der Waals surface area contributed by atoms with Crippen LogP contribution in [0.3, 0.4) is 0 Å². The van der Waals surface area contributed by atoms with Crippen molar-refractivity contribution < 1.29 is 14.3 Å². The minimum Gasteiger partial charge on any atom is -0.468 e. The molecule has 19 heavy (non-hydrogen) atoms. The standard InChI is InChI=1S/C14H19NO3S/c1-17-14(16)13-11-18-9-7-15(13)8-10-19-12-5-3-2-4-6-12/h2-6,13H,7-11H2,1H3. The molecule has 0 bridgehead atoms. The maximum absolute atomic E-state index is 11.7. The van der Waals surface area contributed by atoms with E-state index >= 15 is 0 Å². The van der Waals surface area contributed by atoms with E-state index in [1.165, 1.54) is 12.0 Å². The lowest BCUT2D eigenvalue weighted by atomic mass is 10.2.